The highest BCUT2D eigenvalue weighted by Crippen LogP contribution is 2.38. The number of hydrogen-bond acceptors (Lipinski definition) is 4. The lowest BCUT2D eigenvalue weighted by molar-refractivity contribution is -0.147. The minimum atomic E-state index is -1.16. The van der Waals surface area contributed by atoms with Crippen molar-refractivity contribution in [1.82, 2.24) is 15.1 Å². The third-order valence-electron chi connectivity index (χ3n) is 7.19. The van der Waals surface area contributed by atoms with Crippen molar-refractivity contribution in [1.29, 1.82) is 0 Å². The monoisotopic (exact) mass is 433 g/mol. The number of nitrogens with one attached hydrogen (secondary N) is 1. The predicted molar refractivity (Wildman–Crippen MR) is 123 cm³/mol. The van der Waals surface area contributed by atoms with Crippen LogP contribution in [0, 0.1) is 0 Å². The molecule has 2 aromatic rings. The van der Waals surface area contributed by atoms with Gasteiger partial charge in [-0.25, -0.2) is 0 Å². The molecule has 0 bridgehead atoms. The summed E-state index contributed by atoms with van der Waals surface area (Å²) in [6.45, 7) is 6.79. The smallest absolute Gasteiger partial charge is 0.254 e. The summed E-state index contributed by atoms with van der Waals surface area (Å²) < 4.78 is 0. The van der Waals surface area contributed by atoms with Crippen LogP contribution in [0.1, 0.15) is 48.2 Å². The van der Waals surface area contributed by atoms with E-state index in [4.69, 9.17) is 0 Å². The molecule has 2 aromatic carbocycles. The molecule has 3 aliphatic rings. The van der Waals surface area contributed by atoms with Gasteiger partial charge in [-0.2, -0.15) is 0 Å². The molecule has 0 spiro atoms. The number of benzene rings is 2. The average molecular weight is 434 g/mol. The largest absolute Gasteiger partial charge is 0.380 e. The summed E-state index contributed by atoms with van der Waals surface area (Å²) in [5.74, 6) is -0.196. The second kappa shape index (κ2) is 8.01. The molecular weight excluding hydrogens is 402 g/mol. The van der Waals surface area contributed by atoms with Crippen LogP contribution in [0.4, 0.5) is 0 Å². The molecule has 2 fully saturated rings. The molecule has 0 radical (unpaired) electrons. The number of amides is 2. The maximum absolute atomic E-state index is 13.2. The van der Waals surface area contributed by atoms with E-state index in [0.717, 1.165) is 25.1 Å². The predicted octanol–water partition coefficient (Wildman–Crippen LogP) is 2.59. The van der Waals surface area contributed by atoms with E-state index in [1.165, 1.54) is 16.7 Å². The zero-order valence-corrected chi connectivity index (χ0v) is 18.8. The van der Waals surface area contributed by atoms with Gasteiger partial charge in [0.25, 0.3) is 11.8 Å². The maximum atomic E-state index is 13.2. The van der Waals surface area contributed by atoms with Crippen molar-refractivity contribution in [2.45, 2.75) is 57.3 Å². The van der Waals surface area contributed by atoms with Crippen LogP contribution in [0.5, 0.6) is 0 Å². The highest BCUT2D eigenvalue weighted by molar-refractivity contribution is 5.95. The third kappa shape index (κ3) is 3.82. The van der Waals surface area contributed by atoms with E-state index in [9.17, 15) is 14.7 Å². The van der Waals surface area contributed by atoms with Crippen molar-refractivity contribution in [2.75, 3.05) is 19.6 Å². The van der Waals surface area contributed by atoms with Crippen molar-refractivity contribution < 1.29 is 14.7 Å². The van der Waals surface area contributed by atoms with Crippen molar-refractivity contribution >= 4 is 11.8 Å². The Kier molecular flexibility index (Phi) is 5.30. The maximum Gasteiger partial charge on any atom is 0.254 e. The molecule has 6 heteroatoms. The van der Waals surface area contributed by atoms with E-state index in [-0.39, 0.29) is 23.9 Å². The normalized spacial score (nSPS) is 24.1. The lowest BCUT2D eigenvalue weighted by Gasteiger charge is -2.44. The molecule has 2 aliphatic heterocycles. The Morgan fingerprint density at radius 1 is 0.938 bits per heavy atom. The highest BCUT2D eigenvalue weighted by Gasteiger charge is 2.52. The van der Waals surface area contributed by atoms with Gasteiger partial charge in [0.15, 0.2) is 0 Å². The second-order valence-corrected chi connectivity index (χ2v) is 9.63. The molecule has 6 nitrogen and oxygen atoms in total. The summed E-state index contributed by atoms with van der Waals surface area (Å²) in [5.41, 5.74) is 4.54. The van der Waals surface area contributed by atoms with Gasteiger partial charge >= 0.3 is 0 Å². The number of aliphatic hydroxyl groups is 1. The van der Waals surface area contributed by atoms with Crippen LogP contribution in [-0.4, -0.2) is 64.0 Å². The van der Waals surface area contributed by atoms with Gasteiger partial charge in [-0.15, -0.1) is 0 Å². The van der Waals surface area contributed by atoms with Crippen molar-refractivity contribution in [3.8, 4) is 11.1 Å². The molecule has 2 N–H and O–H groups in total. The van der Waals surface area contributed by atoms with Crippen molar-refractivity contribution in [3.63, 3.8) is 0 Å². The number of carbonyl (C=O) groups is 2. The van der Waals surface area contributed by atoms with Crippen LogP contribution in [0.15, 0.2) is 42.5 Å². The van der Waals surface area contributed by atoms with Crippen molar-refractivity contribution in [2.24, 2.45) is 0 Å². The van der Waals surface area contributed by atoms with Crippen LogP contribution >= 0.6 is 0 Å². The fraction of sp³-hybridized carbons (Fsp3) is 0.462. The topological polar surface area (TPSA) is 72.9 Å². The van der Waals surface area contributed by atoms with E-state index >= 15 is 0 Å². The molecule has 32 heavy (non-hydrogen) atoms. The Hall–Kier alpha value is -2.70. The Morgan fingerprint density at radius 3 is 2.31 bits per heavy atom. The zero-order valence-electron chi connectivity index (χ0n) is 18.8. The molecule has 2 heterocycles. The number of nitrogens with zero attached hydrogens (tertiary/aromatic N) is 2. The van der Waals surface area contributed by atoms with Gasteiger partial charge in [-0.1, -0.05) is 30.3 Å². The first kappa shape index (κ1) is 21.2. The van der Waals surface area contributed by atoms with Gasteiger partial charge in [0.2, 0.25) is 0 Å². The van der Waals surface area contributed by atoms with E-state index < -0.39 is 5.60 Å². The van der Waals surface area contributed by atoms with E-state index in [0.29, 0.717) is 31.5 Å². The number of fused-ring (bicyclic) bond motifs is 1. The number of piperazine rings is 1. The molecule has 5 rings (SSSR count). The van der Waals surface area contributed by atoms with Crippen molar-refractivity contribution in [3.05, 3.63) is 59.2 Å². The molecule has 0 unspecified atom stereocenters. The summed E-state index contributed by atoms with van der Waals surface area (Å²) in [6.07, 6.45) is 2.13. The van der Waals surface area contributed by atoms with E-state index in [1.807, 2.05) is 43.0 Å². The van der Waals surface area contributed by atoms with E-state index in [1.54, 1.807) is 4.90 Å². The molecule has 1 aliphatic carbocycles. The number of hydrogen-bond donors (Lipinski definition) is 2. The molecule has 2 amide bonds. The van der Waals surface area contributed by atoms with E-state index in [2.05, 4.69) is 23.5 Å². The number of carbonyl (C=O) groups excluding carboxylic acids is 2. The van der Waals surface area contributed by atoms with Gasteiger partial charge in [-0.3, -0.25) is 9.59 Å². The molecule has 1 saturated carbocycles. The average Bonchev–Trinajstić information content (AvgIpc) is 3.57. The second-order valence-electron chi connectivity index (χ2n) is 9.63. The summed E-state index contributed by atoms with van der Waals surface area (Å²) in [4.78, 5) is 29.5. The fourth-order valence-electron chi connectivity index (χ4n) is 4.92. The summed E-state index contributed by atoms with van der Waals surface area (Å²) in [7, 11) is 0. The fourth-order valence-corrected chi connectivity index (χ4v) is 4.92. The van der Waals surface area contributed by atoms with Crippen LogP contribution in [0.3, 0.4) is 0 Å². The Balaban J connectivity index is 1.29. The molecule has 168 valence electrons. The summed E-state index contributed by atoms with van der Waals surface area (Å²) in [6, 6.07) is 14.2. The van der Waals surface area contributed by atoms with Crippen LogP contribution in [0.2, 0.25) is 0 Å². The van der Waals surface area contributed by atoms with Crippen LogP contribution in [-0.2, 0) is 17.8 Å². The van der Waals surface area contributed by atoms with Crippen LogP contribution in [0.25, 0.3) is 11.1 Å². The minimum Gasteiger partial charge on any atom is -0.380 e. The zero-order chi connectivity index (χ0) is 22.5. The Bertz CT molecular complexity index is 1040. The van der Waals surface area contributed by atoms with Crippen LogP contribution < -0.4 is 5.32 Å². The first-order valence-electron chi connectivity index (χ1n) is 11.6. The molecular formula is C26H31N3O3. The highest BCUT2D eigenvalue weighted by atomic mass is 16.3. The third-order valence-corrected chi connectivity index (χ3v) is 7.19. The molecule has 1 saturated heterocycles. The lowest BCUT2D eigenvalue weighted by Crippen LogP contribution is -2.61. The Labute approximate surface area is 189 Å². The minimum absolute atomic E-state index is 0.00959. The lowest BCUT2D eigenvalue weighted by atomic mass is 9.95. The first-order chi connectivity index (χ1) is 15.4. The van der Waals surface area contributed by atoms with Gasteiger partial charge in [0.05, 0.1) is 0 Å². The summed E-state index contributed by atoms with van der Waals surface area (Å²) >= 11 is 0. The summed E-state index contributed by atoms with van der Waals surface area (Å²) in [5, 5.41) is 13.6. The number of rotatable bonds is 3. The molecule has 0 aromatic heterocycles. The standard InChI is InChI=1S/C26H31N3O3/c1-17-16-29(25(31)26(32)10-11-26)18(2)15-28(17)24(30)20-5-3-19(4-6-20)21-7-8-23-14-27-12-9-22(23)13-21/h3-8,13,17-18,27,32H,9-12,14-16H2,1-2H3/t17-,18+/m1/s1. The Morgan fingerprint density at radius 2 is 1.59 bits per heavy atom. The first-order valence-corrected chi connectivity index (χ1v) is 11.6. The van der Waals surface area contributed by atoms with Gasteiger partial charge in [-0.05, 0) is 74.0 Å². The van der Waals surface area contributed by atoms with Gasteiger partial charge in [0, 0.05) is 37.3 Å². The SMILES string of the molecule is C[C@@H]1CN(C(=O)C2(O)CC2)[C@@H](C)CN1C(=O)c1ccc(-c2ccc3c(c2)CCNC3)cc1. The van der Waals surface area contributed by atoms with Gasteiger partial charge < -0.3 is 20.2 Å². The van der Waals surface area contributed by atoms with Gasteiger partial charge in [0.1, 0.15) is 5.60 Å². The quantitative estimate of drug-likeness (QED) is 0.781. The molecule has 2 atom stereocenters.